The standard InChI is InChI=1S/C13H12ClNOS/c1-9-6-10(8-16)7-15-13(9)17-12-5-3-2-4-11(12)14/h2-7,16H,8H2,1H3. The van der Waals surface area contributed by atoms with Gasteiger partial charge in [0.2, 0.25) is 0 Å². The molecule has 0 amide bonds. The number of aryl methyl sites for hydroxylation is 1. The molecule has 2 aromatic rings. The Kier molecular flexibility index (Phi) is 4.05. The lowest BCUT2D eigenvalue weighted by Gasteiger charge is -2.07. The van der Waals surface area contributed by atoms with Crippen LogP contribution >= 0.6 is 23.4 Å². The van der Waals surface area contributed by atoms with E-state index in [4.69, 9.17) is 16.7 Å². The highest BCUT2D eigenvalue weighted by molar-refractivity contribution is 7.99. The Balaban J connectivity index is 2.28. The van der Waals surface area contributed by atoms with Gasteiger partial charge >= 0.3 is 0 Å². The molecular weight excluding hydrogens is 254 g/mol. The third kappa shape index (κ3) is 3.00. The predicted octanol–water partition coefficient (Wildman–Crippen LogP) is 3.69. The van der Waals surface area contributed by atoms with E-state index in [9.17, 15) is 0 Å². The van der Waals surface area contributed by atoms with Crippen LogP contribution in [0.5, 0.6) is 0 Å². The fourth-order valence-electron chi connectivity index (χ4n) is 1.45. The number of hydrogen-bond donors (Lipinski definition) is 1. The molecule has 17 heavy (non-hydrogen) atoms. The van der Waals surface area contributed by atoms with Crippen LogP contribution in [0.1, 0.15) is 11.1 Å². The van der Waals surface area contributed by atoms with E-state index in [1.165, 1.54) is 11.8 Å². The minimum absolute atomic E-state index is 0.0187. The minimum Gasteiger partial charge on any atom is -0.392 e. The van der Waals surface area contributed by atoms with E-state index in [2.05, 4.69) is 4.98 Å². The van der Waals surface area contributed by atoms with Crippen LogP contribution < -0.4 is 0 Å². The number of aromatic nitrogens is 1. The molecule has 0 saturated heterocycles. The number of hydrogen-bond acceptors (Lipinski definition) is 3. The van der Waals surface area contributed by atoms with Crippen LogP contribution in [0.15, 0.2) is 46.5 Å². The number of rotatable bonds is 3. The SMILES string of the molecule is Cc1cc(CO)cnc1Sc1ccccc1Cl. The summed E-state index contributed by atoms with van der Waals surface area (Å²) in [6.07, 6.45) is 1.69. The van der Waals surface area contributed by atoms with Gasteiger partial charge in [0.15, 0.2) is 0 Å². The first-order valence-electron chi connectivity index (χ1n) is 5.19. The maximum absolute atomic E-state index is 9.02. The molecule has 1 N–H and O–H groups in total. The fraction of sp³-hybridized carbons (Fsp3) is 0.154. The van der Waals surface area contributed by atoms with E-state index in [0.29, 0.717) is 0 Å². The normalized spacial score (nSPS) is 10.5. The zero-order valence-corrected chi connectivity index (χ0v) is 10.9. The summed E-state index contributed by atoms with van der Waals surface area (Å²) in [6.45, 7) is 2.00. The van der Waals surface area contributed by atoms with Gasteiger partial charge < -0.3 is 5.11 Å². The van der Waals surface area contributed by atoms with Crippen molar-refractivity contribution in [1.82, 2.24) is 4.98 Å². The molecule has 88 valence electrons. The van der Waals surface area contributed by atoms with Gasteiger partial charge in [0.25, 0.3) is 0 Å². The molecule has 0 aliphatic carbocycles. The zero-order chi connectivity index (χ0) is 12.3. The third-order valence-corrected chi connectivity index (χ3v) is 3.95. The van der Waals surface area contributed by atoms with Crippen molar-refractivity contribution in [3.05, 3.63) is 52.7 Å². The lowest BCUT2D eigenvalue weighted by atomic mass is 10.2. The van der Waals surface area contributed by atoms with Crippen molar-refractivity contribution in [3.8, 4) is 0 Å². The average Bonchev–Trinajstić information content (AvgIpc) is 2.34. The third-order valence-electron chi connectivity index (χ3n) is 2.31. The Morgan fingerprint density at radius 3 is 2.76 bits per heavy atom. The molecule has 0 fully saturated rings. The summed E-state index contributed by atoms with van der Waals surface area (Å²) in [5.74, 6) is 0. The number of benzene rings is 1. The number of aliphatic hydroxyl groups is 1. The van der Waals surface area contributed by atoms with Crippen molar-refractivity contribution in [2.24, 2.45) is 0 Å². The van der Waals surface area contributed by atoms with Gasteiger partial charge in [-0.15, -0.1) is 0 Å². The van der Waals surface area contributed by atoms with E-state index in [-0.39, 0.29) is 6.61 Å². The van der Waals surface area contributed by atoms with Crippen LogP contribution in [0.4, 0.5) is 0 Å². The van der Waals surface area contributed by atoms with Crippen LogP contribution in [-0.2, 0) is 6.61 Å². The molecule has 0 bridgehead atoms. The van der Waals surface area contributed by atoms with Crippen LogP contribution in [0.3, 0.4) is 0 Å². The van der Waals surface area contributed by atoms with Gasteiger partial charge in [0.1, 0.15) is 5.03 Å². The van der Waals surface area contributed by atoms with Gasteiger partial charge in [-0.2, -0.15) is 0 Å². The maximum atomic E-state index is 9.02. The summed E-state index contributed by atoms with van der Waals surface area (Å²) in [6, 6.07) is 9.62. The topological polar surface area (TPSA) is 33.1 Å². The van der Waals surface area contributed by atoms with Gasteiger partial charge in [-0.3, -0.25) is 0 Å². The Bertz CT molecular complexity index is 531. The zero-order valence-electron chi connectivity index (χ0n) is 9.35. The Morgan fingerprint density at radius 1 is 1.35 bits per heavy atom. The molecule has 1 aromatic heterocycles. The summed E-state index contributed by atoms with van der Waals surface area (Å²) >= 11 is 7.63. The van der Waals surface area contributed by atoms with E-state index in [1.807, 2.05) is 37.3 Å². The van der Waals surface area contributed by atoms with Gasteiger partial charge in [-0.05, 0) is 36.2 Å². The quantitative estimate of drug-likeness (QED) is 0.919. The van der Waals surface area contributed by atoms with Gasteiger partial charge in [-0.25, -0.2) is 4.98 Å². The molecule has 1 heterocycles. The number of aliphatic hydroxyl groups excluding tert-OH is 1. The largest absolute Gasteiger partial charge is 0.392 e. The summed E-state index contributed by atoms with van der Waals surface area (Å²) in [5.41, 5.74) is 1.87. The van der Waals surface area contributed by atoms with Gasteiger partial charge in [0, 0.05) is 11.1 Å². The second-order valence-electron chi connectivity index (χ2n) is 3.66. The van der Waals surface area contributed by atoms with Crippen molar-refractivity contribution in [2.45, 2.75) is 23.5 Å². The molecule has 4 heteroatoms. The highest BCUT2D eigenvalue weighted by atomic mass is 35.5. The highest BCUT2D eigenvalue weighted by Crippen LogP contribution is 2.33. The lowest BCUT2D eigenvalue weighted by molar-refractivity contribution is 0.281. The molecule has 0 unspecified atom stereocenters. The number of nitrogens with zero attached hydrogens (tertiary/aromatic N) is 1. The second-order valence-corrected chi connectivity index (χ2v) is 5.09. The Morgan fingerprint density at radius 2 is 2.12 bits per heavy atom. The molecule has 2 rings (SSSR count). The van der Waals surface area contributed by atoms with Crippen LogP contribution in [0.25, 0.3) is 0 Å². The molecule has 0 spiro atoms. The van der Waals surface area contributed by atoms with Gasteiger partial charge in [-0.1, -0.05) is 35.5 Å². The predicted molar refractivity (Wildman–Crippen MR) is 70.5 cm³/mol. The summed E-state index contributed by atoms with van der Waals surface area (Å²) in [5, 5.41) is 10.7. The lowest BCUT2D eigenvalue weighted by Crippen LogP contribution is -1.91. The van der Waals surface area contributed by atoms with E-state index >= 15 is 0 Å². The van der Waals surface area contributed by atoms with E-state index < -0.39 is 0 Å². The van der Waals surface area contributed by atoms with Crippen LogP contribution in [-0.4, -0.2) is 10.1 Å². The second kappa shape index (κ2) is 5.54. The smallest absolute Gasteiger partial charge is 0.104 e. The summed E-state index contributed by atoms with van der Waals surface area (Å²) in [4.78, 5) is 5.32. The molecular formula is C13H12ClNOS. The highest BCUT2D eigenvalue weighted by Gasteiger charge is 2.06. The summed E-state index contributed by atoms with van der Waals surface area (Å²) < 4.78 is 0. The molecule has 0 aliphatic heterocycles. The van der Waals surface area contributed by atoms with E-state index in [1.54, 1.807) is 6.20 Å². The van der Waals surface area contributed by atoms with Crippen molar-refractivity contribution in [1.29, 1.82) is 0 Å². The first-order valence-corrected chi connectivity index (χ1v) is 6.39. The molecule has 0 aliphatic rings. The van der Waals surface area contributed by atoms with Crippen LogP contribution in [0, 0.1) is 6.92 Å². The monoisotopic (exact) mass is 265 g/mol. The van der Waals surface area contributed by atoms with Gasteiger partial charge in [0.05, 0.1) is 11.6 Å². The minimum atomic E-state index is 0.0187. The number of pyridine rings is 1. The molecule has 0 saturated carbocycles. The molecule has 1 aromatic carbocycles. The molecule has 2 nitrogen and oxygen atoms in total. The maximum Gasteiger partial charge on any atom is 0.104 e. The summed E-state index contributed by atoms with van der Waals surface area (Å²) in [7, 11) is 0. The van der Waals surface area contributed by atoms with Crippen molar-refractivity contribution < 1.29 is 5.11 Å². The van der Waals surface area contributed by atoms with E-state index in [0.717, 1.165) is 26.1 Å². The average molecular weight is 266 g/mol. The Labute approximate surface area is 110 Å². The number of halogens is 1. The van der Waals surface area contributed by atoms with Crippen molar-refractivity contribution >= 4 is 23.4 Å². The molecule has 0 radical (unpaired) electrons. The van der Waals surface area contributed by atoms with Crippen molar-refractivity contribution in [2.75, 3.05) is 0 Å². The fourth-order valence-corrected chi connectivity index (χ4v) is 2.54. The molecule has 0 atom stereocenters. The Hall–Kier alpha value is -1.03. The first-order chi connectivity index (χ1) is 8.20. The van der Waals surface area contributed by atoms with Crippen LogP contribution in [0.2, 0.25) is 5.02 Å². The van der Waals surface area contributed by atoms with Crippen molar-refractivity contribution in [3.63, 3.8) is 0 Å². The first kappa shape index (κ1) is 12.4.